The third kappa shape index (κ3) is 9.39. The van der Waals surface area contributed by atoms with Crippen molar-refractivity contribution >= 4 is 63.6 Å². The Morgan fingerprint density at radius 1 is 0.961 bits per heavy atom. The third-order valence-corrected chi connectivity index (χ3v) is 10.5. The zero-order valence-corrected chi connectivity index (χ0v) is 30.8. The van der Waals surface area contributed by atoms with Gasteiger partial charge >= 0.3 is 5.97 Å². The SMILES string of the molecule is CCOC(=O)c1c(NC(=O)C(C)Sc2cccc(NC(=O)/C(=C\c3ccc(OC)c(OC)c3)NC(=O)c3ccccc3)c2)sc2c1CCC(C)C2. The summed E-state index contributed by atoms with van der Waals surface area (Å²) < 4.78 is 16.1. The van der Waals surface area contributed by atoms with Gasteiger partial charge in [-0.1, -0.05) is 37.3 Å². The molecule has 0 bridgehead atoms. The van der Waals surface area contributed by atoms with Crippen molar-refractivity contribution in [1.29, 1.82) is 0 Å². The fraction of sp³-hybridized carbons (Fsp3) is 0.282. The third-order valence-electron chi connectivity index (χ3n) is 8.25. The first-order valence-corrected chi connectivity index (χ1v) is 18.3. The van der Waals surface area contributed by atoms with E-state index in [4.69, 9.17) is 14.2 Å². The van der Waals surface area contributed by atoms with Crippen LogP contribution in [-0.2, 0) is 27.2 Å². The van der Waals surface area contributed by atoms with Gasteiger partial charge in [-0.3, -0.25) is 14.4 Å². The van der Waals surface area contributed by atoms with Crippen molar-refractivity contribution in [2.24, 2.45) is 5.92 Å². The molecule has 4 aromatic rings. The van der Waals surface area contributed by atoms with E-state index in [9.17, 15) is 19.2 Å². The Balaban J connectivity index is 1.32. The topological polar surface area (TPSA) is 132 Å². The maximum absolute atomic E-state index is 13.7. The number of thiophene rings is 1. The van der Waals surface area contributed by atoms with Crippen LogP contribution in [0.2, 0.25) is 0 Å². The van der Waals surface area contributed by atoms with E-state index >= 15 is 0 Å². The smallest absolute Gasteiger partial charge is 0.341 e. The van der Waals surface area contributed by atoms with Gasteiger partial charge in [0.1, 0.15) is 10.7 Å². The van der Waals surface area contributed by atoms with Crippen molar-refractivity contribution in [2.45, 2.75) is 50.2 Å². The molecule has 0 saturated carbocycles. The van der Waals surface area contributed by atoms with E-state index in [0.717, 1.165) is 34.6 Å². The van der Waals surface area contributed by atoms with Crippen molar-refractivity contribution in [3.05, 3.63) is 106 Å². The molecule has 3 aromatic carbocycles. The van der Waals surface area contributed by atoms with E-state index in [-0.39, 0.29) is 18.2 Å². The summed E-state index contributed by atoms with van der Waals surface area (Å²) in [5.41, 5.74) is 2.91. The molecular formula is C39H41N3O7S2. The van der Waals surface area contributed by atoms with Gasteiger partial charge in [0.15, 0.2) is 11.5 Å². The second kappa shape index (κ2) is 17.2. The molecule has 0 radical (unpaired) electrons. The van der Waals surface area contributed by atoms with Crippen LogP contribution in [0.1, 0.15) is 63.9 Å². The van der Waals surface area contributed by atoms with Gasteiger partial charge in [-0.25, -0.2) is 4.79 Å². The van der Waals surface area contributed by atoms with Gasteiger partial charge in [0.05, 0.1) is 31.6 Å². The molecule has 1 aliphatic carbocycles. The average molecular weight is 728 g/mol. The summed E-state index contributed by atoms with van der Waals surface area (Å²) in [6, 6.07) is 20.9. The number of hydrogen-bond donors (Lipinski definition) is 3. The summed E-state index contributed by atoms with van der Waals surface area (Å²) in [5.74, 6) is -0.171. The lowest BCUT2D eigenvalue weighted by atomic mass is 9.88. The minimum Gasteiger partial charge on any atom is -0.493 e. The summed E-state index contributed by atoms with van der Waals surface area (Å²) in [6.07, 6.45) is 4.18. The quantitative estimate of drug-likeness (QED) is 0.0729. The van der Waals surface area contributed by atoms with Crippen LogP contribution < -0.4 is 25.4 Å². The van der Waals surface area contributed by atoms with Crippen LogP contribution in [0.5, 0.6) is 11.5 Å². The van der Waals surface area contributed by atoms with Crippen molar-refractivity contribution in [2.75, 3.05) is 31.5 Å². The molecule has 0 saturated heterocycles. The zero-order chi connectivity index (χ0) is 36.5. The molecule has 5 rings (SSSR count). The van der Waals surface area contributed by atoms with Crippen molar-refractivity contribution < 1.29 is 33.4 Å². The Morgan fingerprint density at radius 2 is 1.73 bits per heavy atom. The molecule has 10 nitrogen and oxygen atoms in total. The molecule has 0 aliphatic heterocycles. The lowest BCUT2D eigenvalue weighted by Crippen LogP contribution is -2.30. The number of carbonyl (C=O) groups excluding carboxylic acids is 4. The fourth-order valence-corrected chi connectivity index (χ4v) is 7.95. The lowest BCUT2D eigenvalue weighted by molar-refractivity contribution is -0.115. The molecular weight excluding hydrogens is 687 g/mol. The molecule has 1 aliphatic rings. The molecule has 2 unspecified atom stereocenters. The molecule has 3 amide bonds. The van der Waals surface area contributed by atoms with Gasteiger partial charge in [0.25, 0.3) is 11.8 Å². The molecule has 1 aromatic heterocycles. The predicted molar refractivity (Wildman–Crippen MR) is 202 cm³/mol. The molecule has 12 heteroatoms. The molecule has 0 fully saturated rings. The minimum absolute atomic E-state index is 0.00678. The molecule has 266 valence electrons. The van der Waals surface area contributed by atoms with Crippen molar-refractivity contribution in [3.8, 4) is 11.5 Å². The Kier molecular flexibility index (Phi) is 12.6. The highest BCUT2D eigenvalue weighted by atomic mass is 32.2. The Labute approximate surface area is 306 Å². The van der Waals surface area contributed by atoms with E-state index in [1.807, 2.05) is 6.07 Å². The first-order chi connectivity index (χ1) is 24.6. The molecule has 1 heterocycles. The number of anilines is 2. The highest BCUT2D eigenvalue weighted by molar-refractivity contribution is 8.00. The highest BCUT2D eigenvalue weighted by Gasteiger charge is 2.30. The number of benzene rings is 3. The van der Waals surface area contributed by atoms with Crippen molar-refractivity contribution in [1.82, 2.24) is 5.32 Å². The average Bonchev–Trinajstić information content (AvgIpc) is 3.48. The van der Waals surface area contributed by atoms with Gasteiger partial charge in [-0.05, 0) is 98.7 Å². The summed E-state index contributed by atoms with van der Waals surface area (Å²) in [4.78, 5) is 55.0. The zero-order valence-electron chi connectivity index (χ0n) is 29.2. The second-order valence-electron chi connectivity index (χ2n) is 12.0. The lowest BCUT2D eigenvalue weighted by Gasteiger charge is -2.18. The van der Waals surface area contributed by atoms with E-state index in [1.165, 1.54) is 37.3 Å². The molecule has 3 N–H and O–H groups in total. The first kappa shape index (κ1) is 37.2. The van der Waals surface area contributed by atoms with Gasteiger partial charge in [0.2, 0.25) is 5.91 Å². The van der Waals surface area contributed by atoms with Crippen LogP contribution in [0, 0.1) is 5.92 Å². The van der Waals surface area contributed by atoms with E-state index in [0.29, 0.717) is 44.8 Å². The Hall–Kier alpha value is -5.07. The van der Waals surface area contributed by atoms with E-state index in [2.05, 4.69) is 22.9 Å². The number of nitrogens with one attached hydrogen (secondary N) is 3. The number of hydrogen-bond acceptors (Lipinski definition) is 9. The largest absolute Gasteiger partial charge is 0.493 e. The maximum atomic E-state index is 13.7. The number of thioether (sulfide) groups is 1. The van der Waals surface area contributed by atoms with Crippen LogP contribution >= 0.6 is 23.1 Å². The Morgan fingerprint density at radius 3 is 2.45 bits per heavy atom. The number of methoxy groups -OCH3 is 2. The van der Waals surface area contributed by atoms with Gasteiger partial charge in [-0.2, -0.15) is 0 Å². The monoisotopic (exact) mass is 727 g/mol. The van der Waals surface area contributed by atoms with Gasteiger partial charge in [0, 0.05) is 21.0 Å². The molecule has 51 heavy (non-hydrogen) atoms. The normalized spacial score (nSPS) is 14.5. The van der Waals surface area contributed by atoms with Gasteiger partial charge in [-0.15, -0.1) is 23.1 Å². The van der Waals surface area contributed by atoms with Crippen LogP contribution in [0.15, 0.2) is 83.4 Å². The number of amides is 3. The van der Waals surface area contributed by atoms with Crippen LogP contribution in [0.3, 0.4) is 0 Å². The number of esters is 1. The van der Waals surface area contributed by atoms with Gasteiger partial charge < -0.3 is 30.2 Å². The number of fused-ring (bicyclic) bond motifs is 1. The summed E-state index contributed by atoms with van der Waals surface area (Å²) >= 11 is 2.77. The molecule has 0 spiro atoms. The number of rotatable bonds is 13. The van der Waals surface area contributed by atoms with Crippen LogP contribution in [0.25, 0.3) is 6.08 Å². The van der Waals surface area contributed by atoms with Crippen LogP contribution in [-0.4, -0.2) is 49.8 Å². The second-order valence-corrected chi connectivity index (χ2v) is 14.5. The van der Waals surface area contributed by atoms with E-state index < -0.39 is 23.0 Å². The first-order valence-electron chi connectivity index (χ1n) is 16.6. The summed E-state index contributed by atoms with van der Waals surface area (Å²) in [6.45, 7) is 5.99. The minimum atomic E-state index is -0.551. The highest BCUT2D eigenvalue weighted by Crippen LogP contribution is 2.40. The summed E-state index contributed by atoms with van der Waals surface area (Å²) in [5, 5.41) is 8.61. The molecule has 2 atom stereocenters. The van der Waals surface area contributed by atoms with Crippen LogP contribution in [0.4, 0.5) is 10.7 Å². The standard InChI is InChI=1S/C39H41N3O7S2/c1-6-49-39(46)34-29-17-15-23(2)19-33(29)51-38(34)42-35(43)24(3)50-28-14-10-13-27(22-28)40-37(45)30(41-36(44)26-11-8-7-9-12-26)20-25-16-18-31(47-4)32(21-25)48-5/h7-14,16,18,20-24H,6,15,17,19H2,1-5H3,(H,40,45)(H,41,44)(H,42,43)/b30-20+. The number of carbonyl (C=O) groups is 4. The van der Waals surface area contributed by atoms with E-state index in [1.54, 1.807) is 86.7 Å². The predicted octanol–water partition coefficient (Wildman–Crippen LogP) is 7.60. The Bertz CT molecular complexity index is 1940. The van der Waals surface area contributed by atoms with Crippen molar-refractivity contribution in [3.63, 3.8) is 0 Å². The summed E-state index contributed by atoms with van der Waals surface area (Å²) in [7, 11) is 3.05. The maximum Gasteiger partial charge on any atom is 0.341 e. The fourth-order valence-electron chi connectivity index (χ4n) is 5.63. The number of ether oxygens (including phenoxy) is 3.